The number of nitrogens with two attached hydrogens (primary N) is 1. The highest BCUT2D eigenvalue weighted by atomic mass is 32.2. The molecule has 0 radical (unpaired) electrons. The van der Waals surface area contributed by atoms with Gasteiger partial charge in [-0.2, -0.15) is 0 Å². The lowest BCUT2D eigenvalue weighted by Crippen LogP contribution is -2.23. The Bertz CT molecular complexity index is 937. The van der Waals surface area contributed by atoms with Gasteiger partial charge in [0.2, 0.25) is 20.0 Å². The maximum absolute atomic E-state index is 12.4. The number of rotatable bonds is 7. The van der Waals surface area contributed by atoms with E-state index in [9.17, 15) is 16.8 Å². The molecule has 0 saturated carbocycles. The average Bonchev–Trinajstić information content (AvgIpc) is 2.59. The van der Waals surface area contributed by atoms with E-state index in [1.807, 2.05) is 12.1 Å². The molecule has 0 aliphatic rings. The molecule has 0 bridgehead atoms. The van der Waals surface area contributed by atoms with Gasteiger partial charge in [-0.15, -0.1) is 0 Å². The van der Waals surface area contributed by atoms with Gasteiger partial charge >= 0.3 is 0 Å². The Labute approximate surface area is 149 Å². The molecular formula is C17H22N2O4S2. The van der Waals surface area contributed by atoms with Crippen LogP contribution in [0.3, 0.4) is 0 Å². The average molecular weight is 383 g/mol. The second kappa shape index (κ2) is 7.65. The molecule has 6 nitrogen and oxygen atoms in total. The molecule has 0 aliphatic heterocycles. The first-order chi connectivity index (χ1) is 11.6. The molecule has 2 aromatic rings. The summed E-state index contributed by atoms with van der Waals surface area (Å²) < 4.78 is 50.0. The Morgan fingerprint density at radius 1 is 1.00 bits per heavy atom. The highest BCUT2D eigenvalue weighted by Crippen LogP contribution is 2.20. The maximum Gasteiger partial charge on any atom is 0.240 e. The lowest BCUT2D eigenvalue weighted by molar-refractivity contribution is 0.581. The fourth-order valence-electron chi connectivity index (χ4n) is 2.31. The molecule has 2 rings (SSSR count). The summed E-state index contributed by atoms with van der Waals surface area (Å²) in [4.78, 5) is 0.115. The first kappa shape index (κ1) is 19.6. The van der Waals surface area contributed by atoms with Gasteiger partial charge in [0.15, 0.2) is 0 Å². The van der Waals surface area contributed by atoms with Crippen molar-refractivity contribution in [3.63, 3.8) is 0 Å². The molecule has 0 aliphatic carbocycles. The number of nitrogens with one attached hydrogen (secondary N) is 1. The minimum absolute atomic E-state index is 0.0290. The van der Waals surface area contributed by atoms with Crippen LogP contribution >= 0.6 is 0 Å². The third-order valence-corrected chi connectivity index (χ3v) is 6.39. The monoisotopic (exact) mass is 382 g/mol. The van der Waals surface area contributed by atoms with E-state index in [0.29, 0.717) is 11.5 Å². The van der Waals surface area contributed by atoms with Gasteiger partial charge in [0.25, 0.3) is 0 Å². The van der Waals surface area contributed by atoms with Gasteiger partial charge in [0.1, 0.15) is 0 Å². The molecule has 3 N–H and O–H groups in total. The minimum Gasteiger partial charge on any atom is -0.225 e. The van der Waals surface area contributed by atoms with Crippen molar-refractivity contribution in [1.29, 1.82) is 0 Å². The van der Waals surface area contributed by atoms with Crippen molar-refractivity contribution in [2.24, 2.45) is 5.14 Å². The molecule has 136 valence electrons. The van der Waals surface area contributed by atoms with Crippen molar-refractivity contribution in [3.8, 4) is 0 Å². The number of sulfonamides is 2. The van der Waals surface area contributed by atoms with Gasteiger partial charge in [0.05, 0.1) is 9.79 Å². The normalized spacial score (nSPS) is 13.6. The lowest BCUT2D eigenvalue weighted by Gasteiger charge is -2.11. The largest absolute Gasteiger partial charge is 0.240 e. The quantitative estimate of drug-likeness (QED) is 0.766. The van der Waals surface area contributed by atoms with Crippen LogP contribution in [0.5, 0.6) is 0 Å². The van der Waals surface area contributed by atoms with E-state index in [1.165, 1.54) is 18.2 Å². The van der Waals surface area contributed by atoms with E-state index in [1.54, 1.807) is 18.2 Å². The van der Waals surface area contributed by atoms with Crippen LogP contribution in [0.4, 0.5) is 0 Å². The molecule has 8 heteroatoms. The third kappa shape index (κ3) is 5.12. The highest BCUT2D eigenvalue weighted by molar-refractivity contribution is 7.89. The van der Waals surface area contributed by atoms with E-state index in [2.05, 4.69) is 18.6 Å². The van der Waals surface area contributed by atoms with Gasteiger partial charge in [-0.3, -0.25) is 0 Å². The van der Waals surface area contributed by atoms with Crippen LogP contribution in [0.1, 0.15) is 37.3 Å². The zero-order chi connectivity index (χ0) is 18.7. The molecule has 0 fully saturated rings. The molecule has 1 atom stereocenters. The predicted molar refractivity (Wildman–Crippen MR) is 97.0 cm³/mol. The molecule has 1 unspecified atom stereocenters. The number of hydrogen-bond donors (Lipinski definition) is 2. The Hall–Kier alpha value is -1.74. The van der Waals surface area contributed by atoms with Crippen molar-refractivity contribution < 1.29 is 16.8 Å². The van der Waals surface area contributed by atoms with E-state index in [0.717, 1.165) is 12.0 Å². The van der Waals surface area contributed by atoms with Crippen LogP contribution in [0.15, 0.2) is 58.3 Å². The summed E-state index contributed by atoms with van der Waals surface area (Å²) in [5.41, 5.74) is 1.59. The predicted octanol–water partition coefficient (Wildman–Crippen LogP) is 2.33. The van der Waals surface area contributed by atoms with Gasteiger partial charge in [-0.05, 0) is 47.7 Å². The van der Waals surface area contributed by atoms with E-state index >= 15 is 0 Å². The van der Waals surface area contributed by atoms with Crippen molar-refractivity contribution >= 4 is 20.0 Å². The lowest BCUT2D eigenvalue weighted by atomic mass is 9.99. The van der Waals surface area contributed by atoms with Crippen LogP contribution < -0.4 is 9.86 Å². The fraction of sp³-hybridized carbons (Fsp3) is 0.294. The Balaban J connectivity index is 2.14. The topological polar surface area (TPSA) is 106 Å². The van der Waals surface area contributed by atoms with Gasteiger partial charge in [-0.1, -0.05) is 38.1 Å². The zero-order valence-corrected chi connectivity index (χ0v) is 15.8. The Morgan fingerprint density at radius 3 is 2.20 bits per heavy atom. The summed E-state index contributed by atoms with van der Waals surface area (Å²) in [6, 6.07) is 12.6. The summed E-state index contributed by atoms with van der Waals surface area (Å²) >= 11 is 0. The molecule has 0 heterocycles. The Kier molecular flexibility index (Phi) is 5.99. The number of primary sulfonamides is 1. The first-order valence-electron chi connectivity index (χ1n) is 7.85. The second-order valence-corrected chi connectivity index (χ2v) is 9.22. The van der Waals surface area contributed by atoms with Gasteiger partial charge in [0, 0.05) is 6.54 Å². The number of hydrogen-bond acceptors (Lipinski definition) is 4. The first-order valence-corrected chi connectivity index (χ1v) is 10.9. The van der Waals surface area contributed by atoms with E-state index in [-0.39, 0.29) is 16.3 Å². The van der Waals surface area contributed by atoms with Crippen molar-refractivity contribution in [2.45, 2.75) is 42.5 Å². The molecule has 25 heavy (non-hydrogen) atoms. The summed E-state index contributed by atoms with van der Waals surface area (Å²) in [5, 5.41) is 5.08. The van der Waals surface area contributed by atoms with Gasteiger partial charge < -0.3 is 0 Å². The summed E-state index contributed by atoms with van der Waals surface area (Å²) in [5.74, 6) is 0.366. The molecule has 0 amide bonds. The van der Waals surface area contributed by atoms with Crippen LogP contribution in [0.2, 0.25) is 0 Å². The van der Waals surface area contributed by atoms with E-state index in [4.69, 9.17) is 5.14 Å². The minimum atomic E-state index is -3.82. The molecule has 2 aromatic carbocycles. The molecular weight excluding hydrogens is 360 g/mol. The van der Waals surface area contributed by atoms with Crippen LogP contribution in [0, 0.1) is 0 Å². The number of benzene rings is 2. The van der Waals surface area contributed by atoms with Crippen LogP contribution in [-0.2, 0) is 26.6 Å². The van der Waals surface area contributed by atoms with Crippen molar-refractivity contribution in [1.82, 2.24) is 4.72 Å². The molecule has 0 saturated heterocycles. The SMILES string of the molecule is CCC(C)c1ccc(S(=O)(=O)NCc2cccc(S(N)(=O)=O)c2)cc1. The third-order valence-electron chi connectivity index (χ3n) is 4.07. The zero-order valence-electron chi connectivity index (χ0n) is 14.1. The smallest absolute Gasteiger partial charge is 0.225 e. The summed E-state index contributed by atoms with van der Waals surface area (Å²) in [7, 11) is -7.51. The van der Waals surface area contributed by atoms with Crippen molar-refractivity contribution in [3.05, 3.63) is 59.7 Å². The summed E-state index contributed by atoms with van der Waals surface area (Å²) in [6.45, 7) is 4.13. The molecule has 0 aromatic heterocycles. The summed E-state index contributed by atoms with van der Waals surface area (Å²) in [6.07, 6.45) is 0.977. The fourth-order valence-corrected chi connectivity index (χ4v) is 3.91. The molecule has 0 spiro atoms. The Morgan fingerprint density at radius 2 is 1.64 bits per heavy atom. The van der Waals surface area contributed by atoms with Crippen molar-refractivity contribution in [2.75, 3.05) is 0 Å². The standard InChI is InChI=1S/C17H22N2O4S2/c1-3-13(2)15-7-9-16(10-8-15)25(22,23)19-12-14-5-4-6-17(11-14)24(18,20)21/h4-11,13,19H,3,12H2,1-2H3,(H2,18,20,21). The van der Waals surface area contributed by atoms with Gasteiger partial charge in [-0.25, -0.2) is 26.7 Å². The van der Waals surface area contributed by atoms with Crippen LogP contribution in [0.25, 0.3) is 0 Å². The van der Waals surface area contributed by atoms with E-state index < -0.39 is 20.0 Å². The maximum atomic E-state index is 12.4. The second-order valence-electron chi connectivity index (χ2n) is 5.90. The highest BCUT2D eigenvalue weighted by Gasteiger charge is 2.15. The van der Waals surface area contributed by atoms with Crippen LogP contribution in [-0.4, -0.2) is 16.8 Å².